The van der Waals surface area contributed by atoms with Crippen LogP contribution in [0.5, 0.6) is 0 Å². The van der Waals surface area contributed by atoms with E-state index in [0.29, 0.717) is 5.71 Å². The van der Waals surface area contributed by atoms with Crippen LogP contribution in [0.25, 0.3) is 0 Å². The van der Waals surface area contributed by atoms with Crippen LogP contribution in [0.1, 0.15) is 17.5 Å². The lowest BCUT2D eigenvalue weighted by molar-refractivity contribution is -0.116. The van der Waals surface area contributed by atoms with Crippen LogP contribution in [0.4, 0.5) is 0 Å². The van der Waals surface area contributed by atoms with E-state index in [1.165, 1.54) is 5.56 Å². The normalized spacial score (nSPS) is 18.7. The van der Waals surface area contributed by atoms with E-state index in [1.54, 1.807) is 0 Å². The molecule has 100 valence electrons. The van der Waals surface area contributed by atoms with Crippen molar-refractivity contribution in [2.45, 2.75) is 12.8 Å². The summed E-state index contributed by atoms with van der Waals surface area (Å²) in [6.45, 7) is 0.744. The smallest absolute Gasteiger partial charge is 0.184 e. The summed E-state index contributed by atoms with van der Waals surface area (Å²) in [4.78, 5) is 17.0. The molecule has 1 aliphatic rings. The minimum absolute atomic E-state index is 0.0603. The monoisotopic (exact) mass is 263 g/mol. The van der Waals surface area contributed by atoms with Gasteiger partial charge in [-0.1, -0.05) is 60.7 Å². The van der Waals surface area contributed by atoms with Crippen molar-refractivity contribution in [3.8, 4) is 0 Å². The van der Waals surface area contributed by atoms with Gasteiger partial charge >= 0.3 is 0 Å². The highest BCUT2D eigenvalue weighted by molar-refractivity contribution is 6.47. The van der Waals surface area contributed by atoms with Gasteiger partial charge in [0, 0.05) is 18.0 Å². The van der Waals surface area contributed by atoms with Crippen LogP contribution in [0, 0.1) is 5.92 Å². The van der Waals surface area contributed by atoms with Crippen LogP contribution >= 0.6 is 0 Å². The van der Waals surface area contributed by atoms with Gasteiger partial charge in [-0.05, 0) is 18.4 Å². The number of ketones is 1. The highest BCUT2D eigenvalue weighted by Crippen LogP contribution is 2.20. The molecule has 1 atom stereocenters. The van der Waals surface area contributed by atoms with Crippen molar-refractivity contribution in [2.75, 3.05) is 6.54 Å². The minimum atomic E-state index is 0.0603. The van der Waals surface area contributed by atoms with Gasteiger partial charge in [-0.2, -0.15) is 0 Å². The molecule has 0 saturated carbocycles. The molecule has 2 aromatic rings. The number of carbonyl (C=O) groups excluding carboxylic acids is 1. The van der Waals surface area contributed by atoms with Crippen LogP contribution in [-0.4, -0.2) is 18.0 Å². The van der Waals surface area contributed by atoms with Crippen LogP contribution in [0.2, 0.25) is 0 Å². The molecule has 0 aromatic heterocycles. The number of nitrogens with zero attached hydrogens (tertiary/aromatic N) is 1. The lowest BCUT2D eigenvalue weighted by atomic mass is 9.86. The van der Waals surface area contributed by atoms with E-state index >= 15 is 0 Å². The third kappa shape index (κ3) is 2.69. The van der Waals surface area contributed by atoms with E-state index in [0.717, 1.165) is 24.9 Å². The highest BCUT2D eigenvalue weighted by Gasteiger charge is 2.27. The molecule has 2 nitrogen and oxygen atoms in total. The first-order chi connectivity index (χ1) is 9.84. The maximum Gasteiger partial charge on any atom is 0.184 e. The Bertz CT molecular complexity index is 616. The van der Waals surface area contributed by atoms with E-state index in [1.807, 2.05) is 48.5 Å². The molecule has 1 unspecified atom stereocenters. The molecule has 0 saturated heterocycles. The molecular weight excluding hydrogens is 246 g/mol. The van der Waals surface area contributed by atoms with Crippen molar-refractivity contribution in [1.82, 2.24) is 0 Å². The quantitative estimate of drug-likeness (QED) is 0.835. The Hall–Kier alpha value is -2.22. The number of Topliss-reactive ketones (excluding diaryl/α,β-unsaturated/α-hetero) is 1. The molecule has 0 bridgehead atoms. The van der Waals surface area contributed by atoms with Crippen LogP contribution in [0.15, 0.2) is 65.7 Å². The SMILES string of the molecule is O=C1C(c2ccccc2)=NCCC1Cc1ccccc1. The van der Waals surface area contributed by atoms with Gasteiger partial charge in [-0.15, -0.1) is 0 Å². The number of benzene rings is 2. The fourth-order valence-electron chi connectivity index (χ4n) is 2.66. The van der Waals surface area contributed by atoms with E-state index in [2.05, 4.69) is 17.1 Å². The highest BCUT2D eigenvalue weighted by atomic mass is 16.1. The Morgan fingerprint density at radius 3 is 2.30 bits per heavy atom. The summed E-state index contributed by atoms with van der Waals surface area (Å²) in [6, 6.07) is 20.0. The Morgan fingerprint density at radius 2 is 1.60 bits per heavy atom. The predicted octanol–water partition coefficient (Wildman–Crippen LogP) is 3.31. The zero-order valence-corrected chi connectivity index (χ0v) is 11.3. The van der Waals surface area contributed by atoms with Gasteiger partial charge in [0.1, 0.15) is 5.71 Å². The summed E-state index contributed by atoms with van der Waals surface area (Å²) < 4.78 is 0. The summed E-state index contributed by atoms with van der Waals surface area (Å²) in [7, 11) is 0. The van der Waals surface area contributed by atoms with Gasteiger partial charge < -0.3 is 0 Å². The maximum absolute atomic E-state index is 12.6. The van der Waals surface area contributed by atoms with Gasteiger partial charge in [0.15, 0.2) is 5.78 Å². The van der Waals surface area contributed by atoms with Crippen LogP contribution < -0.4 is 0 Å². The standard InChI is InChI=1S/C18H17NO/c20-18-16(13-14-7-3-1-4-8-14)11-12-19-17(18)15-9-5-2-6-10-15/h1-10,16H,11-13H2. The molecule has 2 heteroatoms. The second kappa shape index (κ2) is 5.83. The Kier molecular flexibility index (Phi) is 3.73. The first-order valence-corrected chi connectivity index (χ1v) is 7.02. The van der Waals surface area contributed by atoms with Crippen LogP contribution in [-0.2, 0) is 11.2 Å². The molecule has 0 fully saturated rings. The summed E-state index contributed by atoms with van der Waals surface area (Å²) in [5, 5.41) is 0. The number of hydrogen-bond donors (Lipinski definition) is 0. The Balaban J connectivity index is 1.80. The Morgan fingerprint density at radius 1 is 0.950 bits per heavy atom. The van der Waals surface area contributed by atoms with Gasteiger partial charge in [-0.25, -0.2) is 0 Å². The van der Waals surface area contributed by atoms with Crippen molar-refractivity contribution in [3.05, 3.63) is 71.8 Å². The lowest BCUT2D eigenvalue weighted by Crippen LogP contribution is -2.31. The summed E-state index contributed by atoms with van der Waals surface area (Å²) in [5.74, 6) is 0.247. The van der Waals surface area contributed by atoms with Gasteiger partial charge in [0.25, 0.3) is 0 Å². The molecule has 0 N–H and O–H groups in total. The predicted molar refractivity (Wildman–Crippen MR) is 81.1 cm³/mol. The van der Waals surface area contributed by atoms with Crippen molar-refractivity contribution < 1.29 is 4.79 Å². The van der Waals surface area contributed by atoms with Gasteiger partial charge in [-0.3, -0.25) is 9.79 Å². The van der Waals surface area contributed by atoms with Crippen molar-refractivity contribution in [2.24, 2.45) is 10.9 Å². The molecule has 3 rings (SSSR count). The van der Waals surface area contributed by atoms with Crippen molar-refractivity contribution >= 4 is 11.5 Å². The number of aliphatic imine (C=N–C) groups is 1. The zero-order chi connectivity index (χ0) is 13.8. The molecular formula is C18H17NO. The minimum Gasteiger partial charge on any atom is -0.292 e. The van der Waals surface area contributed by atoms with E-state index in [4.69, 9.17) is 0 Å². The van der Waals surface area contributed by atoms with E-state index in [-0.39, 0.29) is 11.7 Å². The van der Waals surface area contributed by atoms with E-state index < -0.39 is 0 Å². The average Bonchev–Trinajstić information content (AvgIpc) is 2.51. The average molecular weight is 263 g/mol. The van der Waals surface area contributed by atoms with Gasteiger partial charge in [0.05, 0.1) is 0 Å². The van der Waals surface area contributed by atoms with Crippen molar-refractivity contribution in [3.63, 3.8) is 0 Å². The van der Waals surface area contributed by atoms with Crippen molar-refractivity contribution in [1.29, 1.82) is 0 Å². The Labute approximate surface area is 119 Å². The third-order valence-electron chi connectivity index (χ3n) is 3.72. The third-order valence-corrected chi connectivity index (χ3v) is 3.72. The summed E-state index contributed by atoms with van der Waals surface area (Å²) in [5.41, 5.74) is 2.81. The molecule has 0 aliphatic carbocycles. The second-order valence-corrected chi connectivity index (χ2v) is 5.14. The first kappa shape index (κ1) is 12.8. The molecule has 1 aliphatic heterocycles. The lowest BCUT2D eigenvalue weighted by Gasteiger charge is -2.21. The number of carbonyl (C=O) groups is 1. The molecule has 0 spiro atoms. The van der Waals surface area contributed by atoms with Crippen LogP contribution in [0.3, 0.4) is 0 Å². The summed E-state index contributed by atoms with van der Waals surface area (Å²) in [6.07, 6.45) is 1.66. The van der Waals surface area contributed by atoms with E-state index in [9.17, 15) is 4.79 Å². The molecule has 0 radical (unpaired) electrons. The second-order valence-electron chi connectivity index (χ2n) is 5.14. The molecule has 20 heavy (non-hydrogen) atoms. The number of hydrogen-bond acceptors (Lipinski definition) is 2. The first-order valence-electron chi connectivity index (χ1n) is 7.02. The topological polar surface area (TPSA) is 29.4 Å². The summed E-state index contributed by atoms with van der Waals surface area (Å²) >= 11 is 0. The fraction of sp³-hybridized carbons (Fsp3) is 0.222. The maximum atomic E-state index is 12.6. The molecule has 0 amide bonds. The largest absolute Gasteiger partial charge is 0.292 e. The molecule has 2 aromatic carbocycles. The van der Waals surface area contributed by atoms with Gasteiger partial charge in [0.2, 0.25) is 0 Å². The molecule has 1 heterocycles. The fourth-order valence-corrected chi connectivity index (χ4v) is 2.66. The number of rotatable bonds is 3. The zero-order valence-electron chi connectivity index (χ0n) is 11.3.